The van der Waals surface area contributed by atoms with Crippen LogP contribution in [0.3, 0.4) is 0 Å². The van der Waals surface area contributed by atoms with E-state index < -0.39 is 0 Å². The summed E-state index contributed by atoms with van der Waals surface area (Å²) < 4.78 is 5.43. The zero-order valence-electron chi connectivity index (χ0n) is 9.75. The van der Waals surface area contributed by atoms with Crippen molar-refractivity contribution in [2.24, 2.45) is 11.8 Å². The van der Waals surface area contributed by atoms with Crippen molar-refractivity contribution < 1.29 is 9.53 Å². The molecule has 2 aliphatic rings. The number of nitrogens with one attached hydrogen (secondary N) is 1. The van der Waals surface area contributed by atoms with E-state index in [4.69, 9.17) is 16.3 Å². The third-order valence-electron chi connectivity index (χ3n) is 3.69. The first kappa shape index (κ1) is 12.2. The van der Waals surface area contributed by atoms with Gasteiger partial charge in [-0.1, -0.05) is 6.92 Å². The Labute approximate surface area is 102 Å². The molecular formula is C12H20ClNO2. The van der Waals surface area contributed by atoms with Crippen LogP contribution < -0.4 is 5.32 Å². The first-order valence-electron chi connectivity index (χ1n) is 6.20. The summed E-state index contributed by atoms with van der Waals surface area (Å²) in [4.78, 5) is 11.8. The van der Waals surface area contributed by atoms with Crippen molar-refractivity contribution in [1.82, 2.24) is 5.32 Å². The summed E-state index contributed by atoms with van der Waals surface area (Å²) >= 11 is 6.04. The van der Waals surface area contributed by atoms with Gasteiger partial charge >= 0.3 is 0 Å². The first-order chi connectivity index (χ1) is 7.66. The van der Waals surface area contributed by atoms with Crippen molar-refractivity contribution in [3.8, 4) is 0 Å². The lowest BCUT2D eigenvalue weighted by atomic mass is 10.0. The molecule has 0 radical (unpaired) electrons. The van der Waals surface area contributed by atoms with Gasteiger partial charge in [0.1, 0.15) is 6.10 Å². The highest BCUT2D eigenvalue weighted by Crippen LogP contribution is 2.29. The Bertz CT molecular complexity index is 259. The predicted molar refractivity (Wildman–Crippen MR) is 63.5 cm³/mol. The molecule has 0 aromatic carbocycles. The molecule has 0 bridgehead atoms. The van der Waals surface area contributed by atoms with Crippen LogP contribution in [-0.2, 0) is 9.53 Å². The third-order valence-corrected chi connectivity index (χ3v) is 4.08. The van der Waals surface area contributed by atoms with Gasteiger partial charge in [0.25, 0.3) is 0 Å². The molecule has 92 valence electrons. The monoisotopic (exact) mass is 245 g/mol. The van der Waals surface area contributed by atoms with Crippen LogP contribution in [-0.4, -0.2) is 30.5 Å². The molecule has 1 N–H and O–H groups in total. The summed E-state index contributed by atoms with van der Waals surface area (Å²) in [5.74, 6) is 0.968. The zero-order valence-corrected chi connectivity index (χ0v) is 10.5. The minimum atomic E-state index is -0.229. The summed E-state index contributed by atoms with van der Waals surface area (Å²) in [6, 6.07) is 0. The lowest BCUT2D eigenvalue weighted by Gasteiger charge is -2.16. The van der Waals surface area contributed by atoms with Crippen LogP contribution in [0.15, 0.2) is 0 Å². The van der Waals surface area contributed by atoms with Crippen molar-refractivity contribution >= 4 is 17.5 Å². The summed E-state index contributed by atoms with van der Waals surface area (Å²) in [6.07, 6.45) is 4.01. The van der Waals surface area contributed by atoms with E-state index in [1.54, 1.807) is 0 Å². The summed E-state index contributed by atoms with van der Waals surface area (Å²) in [6.45, 7) is 3.54. The Morgan fingerprint density at radius 2 is 2.25 bits per heavy atom. The Kier molecular flexibility index (Phi) is 4.09. The number of halogens is 1. The number of carbonyl (C=O) groups excluding carboxylic acids is 1. The van der Waals surface area contributed by atoms with Gasteiger partial charge in [0, 0.05) is 18.5 Å². The van der Waals surface area contributed by atoms with E-state index in [-0.39, 0.29) is 12.0 Å². The molecule has 4 atom stereocenters. The van der Waals surface area contributed by atoms with Gasteiger partial charge in [-0.25, -0.2) is 0 Å². The highest BCUT2D eigenvalue weighted by atomic mass is 35.5. The van der Waals surface area contributed by atoms with Crippen LogP contribution in [0.1, 0.15) is 32.6 Å². The Hall–Kier alpha value is -0.280. The number of amides is 1. The molecule has 3 nitrogen and oxygen atoms in total. The number of hydrogen-bond donors (Lipinski definition) is 1. The Morgan fingerprint density at radius 3 is 2.81 bits per heavy atom. The molecule has 1 saturated carbocycles. The van der Waals surface area contributed by atoms with E-state index in [1.807, 2.05) is 0 Å². The fraction of sp³-hybridized carbons (Fsp3) is 0.917. The second kappa shape index (κ2) is 5.37. The molecule has 0 aromatic rings. The van der Waals surface area contributed by atoms with Crippen LogP contribution in [0.2, 0.25) is 0 Å². The quantitative estimate of drug-likeness (QED) is 0.772. The average molecular weight is 246 g/mol. The van der Waals surface area contributed by atoms with Crippen LogP contribution in [0.4, 0.5) is 0 Å². The van der Waals surface area contributed by atoms with Gasteiger partial charge < -0.3 is 10.1 Å². The van der Waals surface area contributed by atoms with E-state index in [2.05, 4.69) is 12.2 Å². The molecular weight excluding hydrogens is 226 g/mol. The molecule has 0 aromatic heterocycles. The maximum Gasteiger partial charge on any atom is 0.249 e. The van der Waals surface area contributed by atoms with Crippen molar-refractivity contribution in [1.29, 1.82) is 0 Å². The topological polar surface area (TPSA) is 38.3 Å². The zero-order chi connectivity index (χ0) is 11.5. The van der Waals surface area contributed by atoms with Gasteiger partial charge in [-0.2, -0.15) is 0 Å². The summed E-state index contributed by atoms with van der Waals surface area (Å²) in [7, 11) is 0. The van der Waals surface area contributed by atoms with E-state index in [0.29, 0.717) is 23.8 Å². The fourth-order valence-corrected chi connectivity index (χ4v) is 2.95. The largest absolute Gasteiger partial charge is 0.368 e. The van der Waals surface area contributed by atoms with Crippen LogP contribution in [0.5, 0.6) is 0 Å². The van der Waals surface area contributed by atoms with Crippen molar-refractivity contribution in [3.63, 3.8) is 0 Å². The number of alkyl halides is 1. The second-order valence-corrected chi connectivity index (χ2v) is 5.70. The third kappa shape index (κ3) is 2.89. The number of ether oxygens (including phenoxy) is 1. The minimum absolute atomic E-state index is 0.0584. The van der Waals surface area contributed by atoms with Gasteiger partial charge in [0.15, 0.2) is 0 Å². The Balaban J connectivity index is 1.71. The van der Waals surface area contributed by atoms with E-state index in [0.717, 1.165) is 32.2 Å². The highest BCUT2D eigenvalue weighted by Gasteiger charge is 2.31. The Morgan fingerprint density at radius 1 is 1.44 bits per heavy atom. The maximum absolute atomic E-state index is 11.8. The molecule has 2 fully saturated rings. The van der Waals surface area contributed by atoms with Crippen LogP contribution in [0, 0.1) is 11.8 Å². The van der Waals surface area contributed by atoms with Gasteiger partial charge in [-0.15, -0.1) is 11.6 Å². The summed E-state index contributed by atoms with van der Waals surface area (Å²) in [5.41, 5.74) is 0. The molecule has 1 aliphatic heterocycles. The first-order valence-corrected chi connectivity index (χ1v) is 6.64. The van der Waals surface area contributed by atoms with Crippen LogP contribution >= 0.6 is 11.6 Å². The average Bonchev–Trinajstić information content (AvgIpc) is 2.84. The van der Waals surface area contributed by atoms with Crippen LogP contribution in [0.25, 0.3) is 0 Å². The predicted octanol–water partition coefficient (Wildman–Crippen LogP) is 1.94. The second-order valence-electron chi connectivity index (χ2n) is 5.08. The lowest BCUT2D eigenvalue weighted by molar-refractivity contribution is -0.131. The minimum Gasteiger partial charge on any atom is -0.368 e. The maximum atomic E-state index is 11.8. The molecule has 16 heavy (non-hydrogen) atoms. The molecule has 1 amide bonds. The molecule has 0 spiro atoms. The fourth-order valence-electron chi connectivity index (χ4n) is 2.58. The highest BCUT2D eigenvalue weighted by molar-refractivity contribution is 6.20. The molecule has 1 saturated heterocycles. The van der Waals surface area contributed by atoms with Gasteiger partial charge in [-0.05, 0) is 37.5 Å². The van der Waals surface area contributed by atoms with Gasteiger partial charge in [0.2, 0.25) is 5.91 Å². The van der Waals surface area contributed by atoms with Crippen molar-refractivity contribution in [2.45, 2.75) is 44.1 Å². The van der Waals surface area contributed by atoms with Gasteiger partial charge in [0.05, 0.1) is 0 Å². The molecule has 1 heterocycles. The number of hydrogen-bond acceptors (Lipinski definition) is 2. The molecule has 4 unspecified atom stereocenters. The standard InChI is InChI=1S/C12H20ClNO2/c1-8-4-5-16-11(8)12(15)14-7-9-2-3-10(13)6-9/h8-11H,2-7H2,1H3,(H,14,15). The number of carbonyl (C=O) groups is 1. The normalized spacial score (nSPS) is 38.9. The SMILES string of the molecule is CC1CCOC1C(=O)NCC1CCC(Cl)C1. The molecule has 2 rings (SSSR count). The van der Waals surface area contributed by atoms with Gasteiger partial charge in [-0.3, -0.25) is 4.79 Å². The molecule has 1 aliphatic carbocycles. The smallest absolute Gasteiger partial charge is 0.249 e. The van der Waals surface area contributed by atoms with E-state index >= 15 is 0 Å². The molecule has 4 heteroatoms. The van der Waals surface area contributed by atoms with Crippen molar-refractivity contribution in [3.05, 3.63) is 0 Å². The van der Waals surface area contributed by atoms with E-state index in [9.17, 15) is 4.79 Å². The summed E-state index contributed by atoms with van der Waals surface area (Å²) in [5, 5.41) is 3.30. The number of rotatable bonds is 3. The van der Waals surface area contributed by atoms with Crippen molar-refractivity contribution in [2.75, 3.05) is 13.2 Å². The van der Waals surface area contributed by atoms with E-state index in [1.165, 1.54) is 0 Å². The lowest BCUT2D eigenvalue weighted by Crippen LogP contribution is -2.39.